The number of aryl methyl sites for hydroxylation is 1. The third-order valence-electron chi connectivity index (χ3n) is 5.99. The van der Waals surface area contributed by atoms with E-state index in [9.17, 15) is 14.9 Å². The summed E-state index contributed by atoms with van der Waals surface area (Å²) in [4.78, 5) is 31.8. The molecule has 1 amide bonds. The van der Waals surface area contributed by atoms with E-state index in [1.165, 1.54) is 0 Å². The van der Waals surface area contributed by atoms with E-state index in [-0.39, 0.29) is 28.4 Å². The smallest absolute Gasteiger partial charge is 0.276 e. The molecule has 30 heavy (non-hydrogen) atoms. The topological polar surface area (TPSA) is 87.2 Å². The van der Waals surface area contributed by atoms with Gasteiger partial charge in [0.25, 0.3) is 5.91 Å². The molecular formula is C23H22ClN3O3. The summed E-state index contributed by atoms with van der Waals surface area (Å²) in [6.07, 6.45) is 3.10. The number of halogens is 1. The molecule has 2 heterocycles. The van der Waals surface area contributed by atoms with Crippen LogP contribution in [0.2, 0.25) is 5.02 Å². The number of hydrogen-bond acceptors (Lipinski definition) is 5. The van der Waals surface area contributed by atoms with Gasteiger partial charge in [0.15, 0.2) is 11.5 Å². The Morgan fingerprint density at radius 1 is 1.30 bits per heavy atom. The Morgan fingerprint density at radius 2 is 2.00 bits per heavy atom. The molecule has 0 bridgehead atoms. The van der Waals surface area contributed by atoms with Crippen molar-refractivity contribution in [1.82, 2.24) is 9.88 Å². The molecular weight excluding hydrogens is 402 g/mol. The SMILES string of the molecule is Cc1oc(-c2ccc(Cl)cc2)nc1C(=O)N1CC[C@]2(C=C(C#N)C(=O)C(C)(C)C2)C1. The van der Waals surface area contributed by atoms with E-state index < -0.39 is 5.41 Å². The number of carbonyl (C=O) groups is 2. The number of ketones is 1. The Hall–Kier alpha value is -2.91. The quantitative estimate of drug-likeness (QED) is 0.705. The lowest BCUT2D eigenvalue weighted by Gasteiger charge is -2.38. The second-order valence-corrected chi connectivity index (χ2v) is 9.27. The Morgan fingerprint density at radius 3 is 2.67 bits per heavy atom. The van der Waals surface area contributed by atoms with Crippen LogP contribution in [0.3, 0.4) is 0 Å². The van der Waals surface area contributed by atoms with E-state index in [4.69, 9.17) is 16.0 Å². The molecule has 154 valence electrons. The monoisotopic (exact) mass is 423 g/mol. The van der Waals surface area contributed by atoms with Crippen molar-refractivity contribution in [3.05, 3.63) is 52.4 Å². The van der Waals surface area contributed by atoms with Crippen molar-refractivity contribution in [3.63, 3.8) is 0 Å². The summed E-state index contributed by atoms with van der Waals surface area (Å²) in [5.74, 6) is 0.506. The minimum Gasteiger partial charge on any atom is -0.441 e. The van der Waals surface area contributed by atoms with Gasteiger partial charge in [-0.15, -0.1) is 0 Å². The number of oxazole rings is 1. The standard InChI is InChI=1S/C23H22ClN3O3/c1-14-18(26-20(30-14)15-4-6-17(24)7-5-15)21(29)27-9-8-23(13-27)10-16(11-25)19(28)22(2,3)12-23/h4-7,10H,8-9,12-13H2,1-3H3/t23-/m1/s1. The summed E-state index contributed by atoms with van der Waals surface area (Å²) in [5.41, 5.74) is 0.239. The van der Waals surface area contributed by atoms with Crippen LogP contribution in [0.4, 0.5) is 0 Å². The maximum absolute atomic E-state index is 13.2. The van der Waals surface area contributed by atoms with E-state index >= 15 is 0 Å². The first kappa shape index (κ1) is 20.4. The normalized spacial score (nSPS) is 22.8. The fourth-order valence-corrected chi connectivity index (χ4v) is 4.75. The highest BCUT2D eigenvalue weighted by molar-refractivity contribution is 6.30. The molecule has 1 spiro atoms. The lowest BCUT2D eigenvalue weighted by Crippen LogP contribution is -2.40. The zero-order chi connectivity index (χ0) is 21.7. The molecule has 6 nitrogen and oxygen atoms in total. The van der Waals surface area contributed by atoms with E-state index in [1.807, 2.05) is 19.9 Å². The van der Waals surface area contributed by atoms with Crippen molar-refractivity contribution < 1.29 is 14.0 Å². The first-order valence-electron chi connectivity index (χ1n) is 9.85. The number of likely N-dealkylation sites (tertiary alicyclic amines) is 1. The predicted molar refractivity (Wildman–Crippen MR) is 112 cm³/mol. The van der Waals surface area contributed by atoms with Crippen molar-refractivity contribution in [1.29, 1.82) is 5.26 Å². The van der Waals surface area contributed by atoms with Crippen LogP contribution in [0.1, 0.15) is 42.9 Å². The number of nitriles is 1. The third-order valence-corrected chi connectivity index (χ3v) is 6.24. The molecule has 1 aliphatic heterocycles. The maximum atomic E-state index is 13.2. The van der Waals surface area contributed by atoms with Gasteiger partial charge in [0.2, 0.25) is 5.89 Å². The van der Waals surface area contributed by atoms with Crippen molar-refractivity contribution in [2.24, 2.45) is 10.8 Å². The molecule has 1 aromatic heterocycles. The van der Waals surface area contributed by atoms with Crippen LogP contribution in [0, 0.1) is 29.1 Å². The molecule has 1 atom stereocenters. The molecule has 0 radical (unpaired) electrons. The van der Waals surface area contributed by atoms with Crippen molar-refractivity contribution in [2.45, 2.75) is 33.6 Å². The van der Waals surface area contributed by atoms with Crippen LogP contribution in [-0.4, -0.2) is 34.7 Å². The van der Waals surface area contributed by atoms with E-state index in [0.29, 0.717) is 42.6 Å². The van der Waals surface area contributed by atoms with Gasteiger partial charge in [-0.2, -0.15) is 5.26 Å². The highest BCUT2D eigenvalue weighted by atomic mass is 35.5. The van der Waals surface area contributed by atoms with E-state index in [0.717, 1.165) is 5.56 Å². The number of hydrogen-bond donors (Lipinski definition) is 0. The van der Waals surface area contributed by atoms with Crippen LogP contribution in [0.15, 0.2) is 40.3 Å². The highest BCUT2D eigenvalue weighted by Crippen LogP contribution is 2.48. The largest absolute Gasteiger partial charge is 0.441 e. The number of carbonyl (C=O) groups excluding carboxylic acids is 2. The molecule has 1 saturated heterocycles. The molecule has 7 heteroatoms. The van der Waals surface area contributed by atoms with Gasteiger partial charge in [0.1, 0.15) is 11.8 Å². The molecule has 0 unspecified atom stereocenters. The van der Waals surface area contributed by atoms with Gasteiger partial charge in [-0.1, -0.05) is 31.5 Å². The zero-order valence-corrected chi connectivity index (χ0v) is 17.9. The summed E-state index contributed by atoms with van der Waals surface area (Å²) < 4.78 is 5.74. The van der Waals surface area contributed by atoms with Gasteiger partial charge >= 0.3 is 0 Å². The Labute approximate surface area is 180 Å². The Kier molecular flexibility index (Phi) is 4.82. The van der Waals surface area contributed by atoms with Crippen LogP contribution < -0.4 is 0 Å². The summed E-state index contributed by atoms with van der Waals surface area (Å²) >= 11 is 5.94. The zero-order valence-electron chi connectivity index (χ0n) is 17.2. The number of rotatable bonds is 2. The van der Waals surface area contributed by atoms with Gasteiger partial charge in [-0.05, 0) is 44.0 Å². The Balaban J connectivity index is 1.59. The van der Waals surface area contributed by atoms with Gasteiger partial charge in [-0.3, -0.25) is 9.59 Å². The van der Waals surface area contributed by atoms with Gasteiger partial charge in [0, 0.05) is 34.5 Å². The number of aromatic nitrogens is 1. The highest BCUT2D eigenvalue weighted by Gasteiger charge is 2.49. The molecule has 0 saturated carbocycles. The number of nitrogens with zero attached hydrogens (tertiary/aromatic N) is 3. The molecule has 4 rings (SSSR count). The minimum atomic E-state index is -0.621. The summed E-state index contributed by atoms with van der Waals surface area (Å²) in [6, 6.07) is 9.12. The van der Waals surface area contributed by atoms with Gasteiger partial charge in [0.05, 0.1) is 5.57 Å². The summed E-state index contributed by atoms with van der Waals surface area (Å²) in [6.45, 7) is 6.46. The average Bonchev–Trinajstić information content (AvgIpc) is 3.28. The van der Waals surface area contributed by atoms with Crippen LogP contribution in [-0.2, 0) is 4.79 Å². The number of Topliss-reactive ketones (excluding diaryl/α,β-unsaturated/α-hetero) is 1. The first-order chi connectivity index (χ1) is 14.1. The third kappa shape index (κ3) is 3.44. The lowest BCUT2D eigenvalue weighted by molar-refractivity contribution is -0.125. The molecule has 1 fully saturated rings. The lowest BCUT2D eigenvalue weighted by atomic mass is 9.64. The van der Waals surface area contributed by atoms with Gasteiger partial charge in [-0.25, -0.2) is 4.98 Å². The van der Waals surface area contributed by atoms with Crippen LogP contribution >= 0.6 is 11.6 Å². The Bertz CT molecular complexity index is 1110. The fraction of sp³-hybridized carbons (Fsp3) is 0.391. The number of amides is 1. The first-order valence-corrected chi connectivity index (χ1v) is 10.2. The fourth-order valence-electron chi connectivity index (χ4n) is 4.62. The number of benzene rings is 1. The van der Waals surface area contributed by atoms with Crippen molar-refractivity contribution in [2.75, 3.05) is 13.1 Å². The molecule has 1 aromatic carbocycles. The molecule has 1 aliphatic carbocycles. The minimum absolute atomic E-state index is 0.125. The van der Waals surface area contributed by atoms with Gasteiger partial charge < -0.3 is 9.32 Å². The second kappa shape index (κ2) is 7.10. The molecule has 2 aromatic rings. The van der Waals surface area contributed by atoms with Crippen LogP contribution in [0.5, 0.6) is 0 Å². The van der Waals surface area contributed by atoms with Crippen LogP contribution in [0.25, 0.3) is 11.5 Å². The average molecular weight is 424 g/mol. The van der Waals surface area contributed by atoms with Crippen molar-refractivity contribution in [3.8, 4) is 17.5 Å². The summed E-state index contributed by atoms with van der Waals surface area (Å²) in [5, 5.41) is 10.0. The molecule has 0 N–H and O–H groups in total. The maximum Gasteiger partial charge on any atom is 0.276 e. The summed E-state index contributed by atoms with van der Waals surface area (Å²) in [7, 11) is 0. The van der Waals surface area contributed by atoms with E-state index in [2.05, 4.69) is 4.98 Å². The van der Waals surface area contributed by atoms with Crippen molar-refractivity contribution >= 4 is 23.3 Å². The predicted octanol–water partition coefficient (Wildman–Crippen LogP) is 4.58. The van der Waals surface area contributed by atoms with E-state index in [1.54, 1.807) is 42.2 Å². The molecule has 2 aliphatic rings. The second-order valence-electron chi connectivity index (χ2n) is 8.83. The number of allylic oxidation sites excluding steroid dienone is 1.